The summed E-state index contributed by atoms with van der Waals surface area (Å²) in [6, 6.07) is 13.0. The Morgan fingerprint density at radius 1 is 1.02 bits per heavy atom. The van der Waals surface area contributed by atoms with Crippen molar-refractivity contribution in [2.24, 2.45) is 0 Å². The number of urea groups is 1. The summed E-state index contributed by atoms with van der Waals surface area (Å²) in [5, 5.41) is 13.5. The smallest absolute Gasteiger partial charge is 0.340 e. The highest BCUT2D eigenvalue weighted by molar-refractivity contribution is 6.41. The second-order valence-electron chi connectivity index (χ2n) is 10.7. The Labute approximate surface area is 242 Å². The molecule has 1 saturated heterocycles. The van der Waals surface area contributed by atoms with Gasteiger partial charge in [-0.1, -0.05) is 23.7 Å². The monoisotopic (exact) mass is 583 g/mol. The van der Waals surface area contributed by atoms with Crippen LogP contribution in [0.2, 0.25) is 5.02 Å². The van der Waals surface area contributed by atoms with E-state index < -0.39 is 11.6 Å². The summed E-state index contributed by atoms with van der Waals surface area (Å²) in [6.45, 7) is 5.82. The van der Waals surface area contributed by atoms with Gasteiger partial charge in [0.15, 0.2) is 5.82 Å². The Balaban J connectivity index is 1.25. The molecule has 10 nitrogen and oxygen atoms in total. The fourth-order valence-corrected chi connectivity index (χ4v) is 5.62. The number of aromatic amines is 1. The van der Waals surface area contributed by atoms with Crippen LogP contribution in [0.25, 0.3) is 0 Å². The van der Waals surface area contributed by atoms with E-state index in [-0.39, 0.29) is 24.4 Å². The van der Waals surface area contributed by atoms with Gasteiger partial charge in [-0.15, -0.1) is 0 Å². The molecule has 0 radical (unpaired) electrons. The second-order valence-corrected chi connectivity index (χ2v) is 11.4. The van der Waals surface area contributed by atoms with Crippen LogP contribution in [0.4, 0.5) is 16.3 Å². The van der Waals surface area contributed by atoms with E-state index in [1.807, 2.05) is 13.8 Å². The summed E-state index contributed by atoms with van der Waals surface area (Å²) in [5.74, 6) is -0.204. The van der Waals surface area contributed by atoms with Crippen molar-refractivity contribution in [3.8, 4) is 0 Å². The minimum atomic E-state index is -0.778. The van der Waals surface area contributed by atoms with Crippen LogP contribution in [0.15, 0.2) is 48.5 Å². The molecule has 3 N–H and O–H groups in total. The Morgan fingerprint density at radius 2 is 1.65 bits per heavy atom. The molecule has 0 aliphatic carbocycles. The summed E-state index contributed by atoms with van der Waals surface area (Å²) >= 11 is 12.7. The van der Waals surface area contributed by atoms with Crippen molar-refractivity contribution < 1.29 is 14.4 Å². The molecule has 0 saturated carbocycles. The number of rotatable bonds is 5. The molecule has 12 heteroatoms. The third-order valence-electron chi connectivity index (χ3n) is 7.63. The zero-order valence-corrected chi connectivity index (χ0v) is 24.0. The van der Waals surface area contributed by atoms with Crippen molar-refractivity contribution in [1.29, 1.82) is 0 Å². The van der Waals surface area contributed by atoms with Crippen LogP contribution in [-0.4, -0.2) is 64.0 Å². The van der Waals surface area contributed by atoms with Gasteiger partial charge in [0.25, 0.3) is 11.8 Å². The molecule has 2 aliphatic rings. The fourth-order valence-electron chi connectivity index (χ4n) is 5.12. The summed E-state index contributed by atoms with van der Waals surface area (Å²) in [6.07, 6.45) is 1.83. The second kappa shape index (κ2) is 11.1. The summed E-state index contributed by atoms with van der Waals surface area (Å²) in [4.78, 5) is 42.9. The maximum atomic E-state index is 13.4. The van der Waals surface area contributed by atoms with Crippen molar-refractivity contribution in [2.45, 2.75) is 44.8 Å². The van der Waals surface area contributed by atoms with E-state index in [9.17, 15) is 14.4 Å². The van der Waals surface area contributed by atoms with Gasteiger partial charge in [0.1, 0.15) is 0 Å². The van der Waals surface area contributed by atoms with Gasteiger partial charge in [0, 0.05) is 34.5 Å². The van der Waals surface area contributed by atoms with Crippen LogP contribution in [0.3, 0.4) is 0 Å². The van der Waals surface area contributed by atoms with Gasteiger partial charge in [0.05, 0.1) is 28.5 Å². The standard InChI is InChI=1S/C28H31Cl2N7O3/c1-28(2)23-20(16-36(28)27(40)37(30)22-7-5-4-6-21(22)29)24(34-33-23)32-26(39)18-10-8-17(9-11-18)25(38)31-19-12-14-35(3)15-13-19/h4-11,19H,12-16H2,1-3H3,(H,31,38)(H2,32,33,34,39). The Bertz CT molecular complexity index is 1430. The topological polar surface area (TPSA) is 114 Å². The molecule has 1 aromatic heterocycles. The van der Waals surface area contributed by atoms with E-state index in [2.05, 4.69) is 32.8 Å². The first-order valence-electron chi connectivity index (χ1n) is 13.1. The number of halogens is 2. The predicted molar refractivity (Wildman–Crippen MR) is 155 cm³/mol. The van der Waals surface area contributed by atoms with Crippen LogP contribution in [0.1, 0.15) is 58.7 Å². The largest absolute Gasteiger partial charge is 0.349 e. The fraction of sp³-hybridized carbons (Fsp3) is 0.357. The maximum Gasteiger partial charge on any atom is 0.340 e. The van der Waals surface area contributed by atoms with E-state index in [0.29, 0.717) is 38.9 Å². The maximum absolute atomic E-state index is 13.4. The van der Waals surface area contributed by atoms with Gasteiger partial charge < -0.3 is 20.4 Å². The number of nitrogens with one attached hydrogen (secondary N) is 3. The average molecular weight is 585 g/mol. The van der Waals surface area contributed by atoms with Crippen LogP contribution < -0.4 is 15.1 Å². The molecule has 2 aliphatic heterocycles. The summed E-state index contributed by atoms with van der Waals surface area (Å²) < 4.78 is 0.992. The van der Waals surface area contributed by atoms with Crippen molar-refractivity contribution in [1.82, 2.24) is 25.3 Å². The number of benzene rings is 2. The molecule has 1 fully saturated rings. The lowest BCUT2D eigenvalue weighted by Gasteiger charge is -2.33. The molecule has 0 unspecified atom stereocenters. The molecule has 5 rings (SSSR count). The van der Waals surface area contributed by atoms with Crippen LogP contribution in [-0.2, 0) is 12.1 Å². The highest BCUT2D eigenvalue weighted by Crippen LogP contribution is 2.42. The van der Waals surface area contributed by atoms with Crippen molar-refractivity contribution in [3.63, 3.8) is 0 Å². The van der Waals surface area contributed by atoms with Gasteiger partial charge >= 0.3 is 6.03 Å². The van der Waals surface area contributed by atoms with Gasteiger partial charge in [-0.3, -0.25) is 14.7 Å². The van der Waals surface area contributed by atoms with Gasteiger partial charge in [-0.2, -0.15) is 5.10 Å². The number of anilines is 2. The van der Waals surface area contributed by atoms with Crippen molar-refractivity contribution >= 4 is 52.7 Å². The summed E-state index contributed by atoms with van der Waals surface area (Å²) in [5.41, 5.74) is 1.85. The number of fused-ring (bicyclic) bond motifs is 1. The third kappa shape index (κ3) is 5.39. The minimum absolute atomic E-state index is 0.149. The predicted octanol–water partition coefficient (Wildman–Crippen LogP) is 4.97. The van der Waals surface area contributed by atoms with E-state index >= 15 is 0 Å². The molecule has 0 spiro atoms. The first-order valence-corrected chi connectivity index (χ1v) is 13.8. The Morgan fingerprint density at radius 3 is 2.30 bits per heavy atom. The molecular weight excluding hydrogens is 553 g/mol. The molecule has 210 valence electrons. The van der Waals surface area contributed by atoms with E-state index in [1.165, 1.54) is 0 Å². The highest BCUT2D eigenvalue weighted by atomic mass is 35.5. The molecular formula is C28H31Cl2N7O3. The molecule has 3 aromatic rings. The molecule has 3 heterocycles. The van der Waals surface area contributed by atoms with E-state index in [1.54, 1.807) is 53.4 Å². The number of piperidine rings is 1. The van der Waals surface area contributed by atoms with Crippen molar-refractivity contribution in [2.75, 3.05) is 29.9 Å². The number of para-hydroxylation sites is 1. The van der Waals surface area contributed by atoms with Crippen LogP contribution in [0, 0.1) is 0 Å². The average Bonchev–Trinajstić information content (AvgIpc) is 3.46. The minimum Gasteiger partial charge on any atom is -0.349 e. The lowest BCUT2D eigenvalue weighted by atomic mass is 10.0. The lowest BCUT2D eigenvalue weighted by Crippen LogP contribution is -2.45. The number of H-pyrrole nitrogens is 1. The number of hydrogen-bond donors (Lipinski definition) is 3. The molecule has 4 amide bonds. The normalized spacial score (nSPS) is 16.9. The zero-order chi connectivity index (χ0) is 28.6. The van der Waals surface area contributed by atoms with Gasteiger partial charge in [-0.05, 0) is 83.2 Å². The van der Waals surface area contributed by atoms with Gasteiger partial charge in [0.2, 0.25) is 0 Å². The highest BCUT2D eigenvalue weighted by Gasteiger charge is 2.45. The number of aromatic nitrogens is 2. The van der Waals surface area contributed by atoms with Crippen LogP contribution >= 0.6 is 23.4 Å². The molecule has 40 heavy (non-hydrogen) atoms. The number of carbonyl (C=O) groups is 3. The van der Waals surface area contributed by atoms with Crippen molar-refractivity contribution in [3.05, 3.63) is 75.9 Å². The number of carbonyl (C=O) groups excluding carboxylic acids is 3. The Kier molecular flexibility index (Phi) is 7.76. The number of amides is 4. The number of likely N-dealkylation sites (tertiary alicyclic amines) is 1. The zero-order valence-electron chi connectivity index (χ0n) is 22.5. The third-order valence-corrected chi connectivity index (χ3v) is 8.27. The quantitative estimate of drug-likeness (QED) is 0.367. The van der Waals surface area contributed by atoms with E-state index in [0.717, 1.165) is 30.4 Å². The van der Waals surface area contributed by atoms with E-state index in [4.69, 9.17) is 23.4 Å². The molecule has 0 bridgehead atoms. The molecule has 2 aromatic carbocycles. The first kappa shape index (κ1) is 27.9. The number of hydrogen-bond acceptors (Lipinski definition) is 5. The lowest BCUT2D eigenvalue weighted by molar-refractivity contribution is 0.0915. The Hall–Kier alpha value is -3.60. The molecule has 0 atom stereocenters. The summed E-state index contributed by atoms with van der Waals surface area (Å²) in [7, 11) is 2.07. The number of nitrogens with zero attached hydrogens (tertiary/aromatic N) is 4. The SMILES string of the molecule is CN1CCC(NC(=O)c2ccc(C(=O)Nc3n[nH]c4c3CN(C(=O)N(Cl)c3ccccc3Cl)C4(C)C)cc2)CC1. The first-order chi connectivity index (χ1) is 19.1. The van der Waals surface area contributed by atoms with Gasteiger partial charge in [-0.25, -0.2) is 9.21 Å². The van der Waals surface area contributed by atoms with Crippen LogP contribution in [0.5, 0.6) is 0 Å².